The van der Waals surface area contributed by atoms with E-state index in [1.807, 2.05) is 18.2 Å². The molecule has 26 heavy (non-hydrogen) atoms. The molecule has 2 aromatic rings. The largest absolute Gasteiger partial charge is 0.395 e. The second kappa shape index (κ2) is 8.70. The number of amides is 1. The summed E-state index contributed by atoms with van der Waals surface area (Å²) in [5.74, 6) is -0.618. The molecule has 2 atom stereocenters. The lowest BCUT2D eigenvalue weighted by molar-refractivity contribution is -0.124. The van der Waals surface area contributed by atoms with Gasteiger partial charge in [0.2, 0.25) is 0 Å². The molecule has 8 heteroatoms. The van der Waals surface area contributed by atoms with Gasteiger partial charge in [0.05, 0.1) is 18.8 Å². The smallest absolute Gasteiger partial charge is 0.267 e. The number of likely N-dealkylation sites (tertiary alicyclic amines) is 1. The van der Waals surface area contributed by atoms with Crippen molar-refractivity contribution in [3.05, 3.63) is 53.9 Å². The summed E-state index contributed by atoms with van der Waals surface area (Å²) in [4.78, 5) is 13.3. The van der Waals surface area contributed by atoms with Gasteiger partial charge in [-0.3, -0.25) is 14.9 Å². The Morgan fingerprint density at radius 1 is 1.35 bits per heavy atom. The summed E-state index contributed by atoms with van der Waals surface area (Å²) >= 11 is 0. The molecule has 1 amide bonds. The molecular weight excluding hydrogens is 334 g/mol. The summed E-state index contributed by atoms with van der Waals surface area (Å²) in [5.41, 5.74) is 3.35. The topological polar surface area (TPSA) is 104 Å². The highest BCUT2D eigenvalue weighted by molar-refractivity contribution is 5.90. The van der Waals surface area contributed by atoms with Crippen LogP contribution in [0.4, 0.5) is 0 Å². The maximum Gasteiger partial charge on any atom is 0.267 e. The maximum absolute atomic E-state index is 11.0. The SMILES string of the molecule is O=C(/C=C/c1cn([C@H]2C[C@@H](CO)N(CCc3ccccc3)C2)nn1)NO. The summed E-state index contributed by atoms with van der Waals surface area (Å²) in [5, 5.41) is 26.4. The van der Waals surface area contributed by atoms with Crippen molar-refractivity contribution in [3.8, 4) is 0 Å². The summed E-state index contributed by atoms with van der Waals surface area (Å²) < 4.78 is 1.78. The summed E-state index contributed by atoms with van der Waals surface area (Å²) in [7, 11) is 0. The fraction of sp³-hybridized carbons (Fsp3) is 0.389. The lowest BCUT2D eigenvalue weighted by Crippen LogP contribution is -2.34. The van der Waals surface area contributed by atoms with Gasteiger partial charge >= 0.3 is 0 Å². The average molecular weight is 357 g/mol. The zero-order chi connectivity index (χ0) is 18.4. The molecule has 3 rings (SSSR count). The zero-order valence-corrected chi connectivity index (χ0v) is 14.4. The second-order valence-corrected chi connectivity index (χ2v) is 6.39. The normalized spacial score (nSPS) is 20.7. The van der Waals surface area contributed by atoms with E-state index in [1.165, 1.54) is 23.2 Å². The van der Waals surface area contributed by atoms with Crippen LogP contribution in [-0.4, -0.2) is 61.9 Å². The zero-order valence-electron chi connectivity index (χ0n) is 14.4. The van der Waals surface area contributed by atoms with Crippen molar-refractivity contribution in [1.29, 1.82) is 0 Å². The summed E-state index contributed by atoms with van der Waals surface area (Å²) in [6.07, 6.45) is 6.17. The van der Waals surface area contributed by atoms with E-state index < -0.39 is 5.91 Å². The van der Waals surface area contributed by atoms with E-state index in [-0.39, 0.29) is 18.7 Å². The third-order valence-corrected chi connectivity index (χ3v) is 4.66. The minimum atomic E-state index is -0.618. The van der Waals surface area contributed by atoms with Crippen LogP contribution in [0.15, 0.2) is 42.6 Å². The lowest BCUT2D eigenvalue weighted by atomic mass is 10.1. The first kappa shape index (κ1) is 18.2. The van der Waals surface area contributed by atoms with Gasteiger partial charge in [0.15, 0.2) is 0 Å². The fourth-order valence-corrected chi connectivity index (χ4v) is 3.27. The molecule has 0 unspecified atom stereocenters. The molecule has 1 saturated heterocycles. The number of aliphatic hydroxyl groups excluding tert-OH is 1. The Hall–Kier alpha value is -2.55. The number of rotatable bonds is 7. The van der Waals surface area contributed by atoms with Crippen LogP contribution in [0.1, 0.15) is 23.7 Å². The highest BCUT2D eigenvalue weighted by Crippen LogP contribution is 2.27. The molecular formula is C18H23N5O3. The maximum atomic E-state index is 11.0. The standard InChI is InChI=1S/C18H23N5O3/c24-13-17-10-16(12-22(17)9-8-14-4-2-1-3-5-14)23-11-15(19-21-23)6-7-18(25)20-26/h1-7,11,16-17,24,26H,8-10,12-13H2,(H,20,25)/b7-6+/t16-,17-/m0/s1. The number of carbonyl (C=O) groups is 1. The first-order valence-corrected chi connectivity index (χ1v) is 8.62. The number of nitrogens with one attached hydrogen (secondary N) is 1. The van der Waals surface area contributed by atoms with Crippen LogP contribution in [0.2, 0.25) is 0 Å². The number of hydrogen-bond acceptors (Lipinski definition) is 6. The molecule has 1 aliphatic rings. The van der Waals surface area contributed by atoms with Gasteiger partial charge in [0.25, 0.3) is 5.91 Å². The molecule has 1 fully saturated rings. The number of aromatic nitrogens is 3. The van der Waals surface area contributed by atoms with E-state index in [9.17, 15) is 9.90 Å². The third kappa shape index (κ3) is 4.54. The number of hydrogen-bond donors (Lipinski definition) is 3. The molecule has 1 aromatic carbocycles. The minimum absolute atomic E-state index is 0.104. The van der Waals surface area contributed by atoms with Gasteiger partial charge in [-0.1, -0.05) is 35.5 Å². The Labute approximate surface area is 151 Å². The molecule has 8 nitrogen and oxygen atoms in total. The summed E-state index contributed by atoms with van der Waals surface area (Å²) in [6, 6.07) is 10.5. The van der Waals surface area contributed by atoms with Crippen LogP contribution in [0.5, 0.6) is 0 Å². The van der Waals surface area contributed by atoms with Gasteiger partial charge in [-0.15, -0.1) is 5.10 Å². The van der Waals surface area contributed by atoms with Gasteiger partial charge in [0, 0.05) is 25.2 Å². The molecule has 138 valence electrons. The van der Waals surface area contributed by atoms with Crippen molar-refractivity contribution in [2.45, 2.75) is 24.9 Å². The Morgan fingerprint density at radius 3 is 2.88 bits per heavy atom. The number of aliphatic hydroxyl groups is 1. The second-order valence-electron chi connectivity index (χ2n) is 6.39. The lowest BCUT2D eigenvalue weighted by Gasteiger charge is -2.22. The van der Waals surface area contributed by atoms with Gasteiger partial charge in [0.1, 0.15) is 5.69 Å². The van der Waals surface area contributed by atoms with Gasteiger partial charge in [-0.2, -0.15) is 0 Å². The molecule has 0 bridgehead atoms. The molecule has 1 aromatic heterocycles. The van der Waals surface area contributed by atoms with E-state index >= 15 is 0 Å². The van der Waals surface area contributed by atoms with Crippen LogP contribution < -0.4 is 5.48 Å². The molecule has 0 spiro atoms. The van der Waals surface area contributed by atoms with Gasteiger partial charge in [-0.25, -0.2) is 10.2 Å². The number of carbonyl (C=O) groups excluding carboxylic acids is 1. The number of hydroxylamine groups is 1. The molecule has 3 N–H and O–H groups in total. The number of nitrogens with zero attached hydrogens (tertiary/aromatic N) is 4. The van der Waals surface area contributed by atoms with E-state index in [0.717, 1.165) is 25.9 Å². The van der Waals surface area contributed by atoms with E-state index in [0.29, 0.717) is 5.69 Å². The molecule has 2 heterocycles. The Kier molecular flexibility index (Phi) is 6.11. The van der Waals surface area contributed by atoms with Crippen LogP contribution in [0.3, 0.4) is 0 Å². The monoisotopic (exact) mass is 357 g/mol. The van der Waals surface area contributed by atoms with Crippen molar-refractivity contribution < 1.29 is 15.1 Å². The third-order valence-electron chi connectivity index (χ3n) is 4.66. The average Bonchev–Trinajstić information content (AvgIpc) is 3.31. The molecule has 0 saturated carbocycles. The van der Waals surface area contributed by atoms with Gasteiger partial charge in [-0.05, 0) is 24.5 Å². The van der Waals surface area contributed by atoms with Crippen molar-refractivity contribution in [2.24, 2.45) is 0 Å². The predicted molar refractivity (Wildman–Crippen MR) is 95.2 cm³/mol. The van der Waals surface area contributed by atoms with Crippen LogP contribution >= 0.6 is 0 Å². The van der Waals surface area contributed by atoms with E-state index in [4.69, 9.17) is 5.21 Å². The van der Waals surface area contributed by atoms with Crippen LogP contribution in [-0.2, 0) is 11.2 Å². The van der Waals surface area contributed by atoms with Crippen molar-refractivity contribution in [1.82, 2.24) is 25.4 Å². The highest BCUT2D eigenvalue weighted by atomic mass is 16.5. The van der Waals surface area contributed by atoms with Crippen LogP contribution in [0.25, 0.3) is 6.08 Å². The Balaban J connectivity index is 1.60. The summed E-state index contributed by atoms with van der Waals surface area (Å²) in [6.45, 7) is 1.79. The fourth-order valence-electron chi connectivity index (χ4n) is 3.27. The van der Waals surface area contributed by atoms with Crippen molar-refractivity contribution in [3.63, 3.8) is 0 Å². The first-order chi connectivity index (χ1) is 12.7. The van der Waals surface area contributed by atoms with E-state index in [2.05, 4.69) is 27.3 Å². The highest BCUT2D eigenvalue weighted by Gasteiger charge is 2.32. The minimum Gasteiger partial charge on any atom is -0.395 e. The molecule has 1 aliphatic heterocycles. The van der Waals surface area contributed by atoms with Gasteiger partial charge < -0.3 is 5.11 Å². The predicted octanol–water partition coefficient (Wildman–Crippen LogP) is 0.647. The van der Waals surface area contributed by atoms with Crippen molar-refractivity contribution in [2.75, 3.05) is 19.7 Å². The quantitative estimate of drug-likeness (QED) is 0.382. The van der Waals surface area contributed by atoms with Crippen molar-refractivity contribution >= 4 is 12.0 Å². The Morgan fingerprint density at radius 2 is 2.15 bits per heavy atom. The molecule has 0 aliphatic carbocycles. The molecule has 0 radical (unpaired) electrons. The Bertz CT molecular complexity index is 746. The first-order valence-electron chi connectivity index (χ1n) is 8.62. The number of benzene rings is 1. The van der Waals surface area contributed by atoms with Crippen LogP contribution in [0, 0.1) is 0 Å². The van der Waals surface area contributed by atoms with E-state index in [1.54, 1.807) is 10.9 Å².